The zero-order valence-electron chi connectivity index (χ0n) is 8.29. The second kappa shape index (κ2) is 4.24. The Morgan fingerprint density at radius 2 is 2.36 bits per heavy atom. The van der Waals surface area contributed by atoms with Gasteiger partial charge in [-0.05, 0) is 30.9 Å². The average Bonchev–Trinajstić information content (AvgIpc) is 2.71. The number of aromatic hydroxyl groups is 1. The van der Waals surface area contributed by atoms with Crippen LogP contribution in [0, 0.1) is 0 Å². The molecule has 2 rings (SSSR count). The fourth-order valence-electron chi connectivity index (χ4n) is 1.95. The Bertz CT molecular complexity index is 321. The summed E-state index contributed by atoms with van der Waals surface area (Å²) in [4.78, 5) is 0.981. The third-order valence-electron chi connectivity index (χ3n) is 2.75. The van der Waals surface area contributed by atoms with Crippen molar-refractivity contribution >= 4 is 11.8 Å². The third-order valence-corrected chi connectivity index (χ3v) is 3.52. The highest BCUT2D eigenvalue weighted by Gasteiger charge is 2.20. The van der Waals surface area contributed by atoms with Gasteiger partial charge in [0.15, 0.2) is 0 Å². The van der Waals surface area contributed by atoms with Crippen LogP contribution in [0.5, 0.6) is 5.75 Å². The van der Waals surface area contributed by atoms with Gasteiger partial charge in [-0.3, -0.25) is 0 Å². The van der Waals surface area contributed by atoms with E-state index in [1.165, 1.54) is 0 Å². The van der Waals surface area contributed by atoms with Gasteiger partial charge in [-0.25, -0.2) is 0 Å². The largest absolute Gasteiger partial charge is 0.506 e. The zero-order chi connectivity index (χ0) is 9.97. The molecule has 1 atom stereocenters. The summed E-state index contributed by atoms with van der Waals surface area (Å²) in [5.41, 5.74) is 1.10. The van der Waals surface area contributed by atoms with E-state index in [-0.39, 0.29) is 0 Å². The third kappa shape index (κ3) is 1.74. The lowest BCUT2D eigenvalue weighted by Crippen LogP contribution is -2.08. The van der Waals surface area contributed by atoms with Crippen molar-refractivity contribution in [1.82, 2.24) is 5.32 Å². The molecule has 14 heavy (non-hydrogen) atoms. The van der Waals surface area contributed by atoms with Crippen molar-refractivity contribution in [3.63, 3.8) is 0 Å². The van der Waals surface area contributed by atoms with Crippen LogP contribution >= 0.6 is 11.8 Å². The van der Waals surface area contributed by atoms with Gasteiger partial charge in [-0.15, -0.1) is 11.8 Å². The first-order chi connectivity index (χ1) is 6.83. The van der Waals surface area contributed by atoms with Crippen LogP contribution in [0.4, 0.5) is 0 Å². The normalized spacial score (nSPS) is 21.4. The Labute approximate surface area is 88.7 Å². The first-order valence-electron chi connectivity index (χ1n) is 4.89. The smallest absolute Gasteiger partial charge is 0.132 e. The van der Waals surface area contributed by atoms with E-state index in [4.69, 9.17) is 0 Å². The maximum Gasteiger partial charge on any atom is 0.132 e. The monoisotopic (exact) mass is 209 g/mol. The topological polar surface area (TPSA) is 32.3 Å². The van der Waals surface area contributed by atoms with Gasteiger partial charge in [0.2, 0.25) is 0 Å². The zero-order valence-corrected chi connectivity index (χ0v) is 9.10. The fraction of sp³-hybridized carbons (Fsp3) is 0.455. The summed E-state index contributed by atoms with van der Waals surface area (Å²) >= 11 is 1.60. The Morgan fingerprint density at radius 3 is 3.00 bits per heavy atom. The number of nitrogens with one attached hydrogen (secondary N) is 1. The first-order valence-corrected chi connectivity index (χ1v) is 6.12. The molecule has 1 aromatic rings. The first kappa shape index (κ1) is 9.87. The van der Waals surface area contributed by atoms with E-state index in [0.717, 1.165) is 30.0 Å². The molecule has 0 saturated carbocycles. The van der Waals surface area contributed by atoms with Crippen LogP contribution in [0.2, 0.25) is 0 Å². The van der Waals surface area contributed by atoms with Crippen LogP contribution in [0.25, 0.3) is 0 Å². The van der Waals surface area contributed by atoms with E-state index < -0.39 is 0 Å². The van der Waals surface area contributed by atoms with Gasteiger partial charge in [0.05, 0.1) is 0 Å². The number of benzene rings is 1. The van der Waals surface area contributed by atoms with E-state index in [2.05, 4.69) is 5.32 Å². The lowest BCUT2D eigenvalue weighted by atomic mass is 9.97. The predicted molar refractivity (Wildman–Crippen MR) is 60.1 cm³/mol. The number of rotatable bonds is 2. The van der Waals surface area contributed by atoms with Crippen molar-refractivity contribution in [1.29, 1.82) is 0 Å². The van der Waals surface area contributed by atoms with Gasteiger partial charge < -0.3 is 10.4 Å². The molecule has 1 aromatic carbocycles. The molecule has 0 aliphatic carbocycles. The Morgan fingerprint density at radius 1 is 1.50 bits per heavy atom. The van der Waals surface area contributed by atoms with E-state index in [0.29, 0.717) is 11.7 Å². The summed E-state index contributed by atoms with van der Waals surface area (Å²) in [6.45, 7) is 2.05. The molecule has 0 amide bonds. The van der Waals surface area contributed by atoms with Crippen LogP contribution in [-0.2, 0) is 0 Å². The minimum absolute atomic E-state index is 0.480. The van der Waals surface area contributed by atoms with Crippen molar-refractivity contribution in [2.24, 2.45) is 0 Å². The van der Waals surface area contributed by atoms with E-state index in [1.807, 2.05) is 24.5 Å². The highest BCUT2D eigenvalue weighted by Crippen LogP contribution is 2.36. The van der Waals surface area contributed by atoms with Crippen LogP contribution in [-0.4, -0.2) is 24.5 Å². The molecular formula is C11H15NOS. The van der Waals surface area contributed by atoms with E-state index >= 15 is 0 Å². The van der Waals surface area contributed by atoms with Gasteiger partial charge >= 0.3 is 0 Å². The van der Waals surface area contributed by atoms with Crippen molar-refractivity contribution in [3.05, 3.63) is 23.8 Å². The fourth-order valence-corrected chi connectivity index (χ4v) is 2.48. The second-order valence-electron chi connectivity index (χ2n) is 3.59. The van der Waals surface area contributed by atoms with Crippen molar-refractivity contribution in [3.8, 4) is 5.75 Å². The molecule has 0 unspecified atom stereocenters. The number of phenols is 1. The molecule has 1 aliphatic heterocycles. The quantitative estimate of drug-likeness (QED) is 0.732. The summed E-state index contributed by atoms with van der Waals surface area (Å²) in [5, 5.41) is 13.3. The number of hydrogen-bond acceptors (Lipinski definition) is 3. The van der Waals surface area contributed by atoms with Gasteiger partial charge in [0.25, 0.3) is 0 Å². The molecule has 3 heteroatoms. The SMILES string of the molecule is CSc1cccc([C@@H]2CCNC2)c1O. The molecule has 0 aromatic heterocycles. The van der Waals surface area contributed by atoms with Gasteiger partial charge in [0, 0.05) is 17.4 Å². The van der Waals surface area contributed by atoms with Crippen molar-refractivity contribution in [2.75, 3.05) is 19.3 Å². The van der Waals surface area contributed by atoms with Gasteiger partial charge in [-0.1, -0.05) is 12.1 Å². The lowest BCUT2D eigenvalue weighted by Gasteiger charge is -2.12. The molecule has 0 bridgehead atoms. The molecule has 0 radical (unpaired) electrons. The molecule has 1 saturated heterocycles. The molecule has 1 heterocycles. The highest BCUT2D eigenvalue weighted by atomic mass is 32.2. The number of thioether (sulfide) groups is 1. The van der Waals surface area contributed by atoms with Crippen molar-refractivity contribution in [2.45, 2.75) is 17.2 Å². The summed E-state index contributed by atoms with van der Waals surface area (Å²) in [6.07, 6.45) is 3.12. The van der Waals surface area contributed by atoms with Gasteiger partial charge in [0.1, 0.15) is 5.75 Å². The summed E-state index contributed by atoms with van der Waals surface area (Å²) in [6, 6.07) is 6.03. The standard InChI is InChI=1S/C11H15NOS/c1-14-10-4-2-3-9(11(10)13)8-5-6-12-7-8/h2-4,8,12-13H,5-7H2,1H3/t8-/m1/s1. The van der Waals surface area contributed by atoms with Crippen LogP contribution in [0.1, 0.15) is 17.9 Å². The predicted octanol–water partition coefficient (Wildman–Crippen LogP) is 2.19. The molecule has 2 nitrogen and oxygen atoms in total. The van der Waals surface area contributed by atoms with Crippen LogP contribution in [0.15, 0.2) is 23.1 Å². The molecule has 76 valence electrons. The minimum atomic E-state index is 0.480. The molecular weight excluding hydrogens is 194 g/mol. The number of hydrogen-bond donors (Lipinski definition) is 2. The Kier molecular flexibility index (Phi) is 2.99. The second-order valence-corrected chi connectivity index (χ2v) is 4.44. The number of para-hydroxylation sites is 1. The lowest BCUT2D eigenvalue weighted by molar-refractivity contribution is 0.450. The Balaban J connectivity index is 2.32. The van der Waals surface area contributed by atoms with Crippen LogP contribution in [0.3, 0.4) is 0 Å². The summed E-state index contributed by atoms with van der Waals surface area (Å²) in [5.74, 6) is 0.968. The summed E-state index contributed by atoms with van der Waals surface area (Å²) in [7, 11) is 0. The van der Waals surface area contributed by atoms with Crippen LogP contribution < -0.4 is 5.32 Å². The molecule has 1 fully saturated rings. The molecule has 0 spiro atoms. The Hall–Kier alpha value is -0.670. The van der Waals surface area contributed by atoms with Gasteiger partial charge in [-0.2, -0.15) is 0 Å². The van der Waals surface area contributed by atoms with Crippen molar-refractivity contribution < 1.29 is 5.11 Å². The maximum atomic E-state index is 10.0. The highest BCUT2D eigenvalue weighted by molar-refractivity contribution is 7.98. The summed E-state index contributed by atoms with van der Waals surface area (Å²) < 4.78 is 0. The maximum absolute atomic E-state index is 10.0. The average molecular weight is 209 g/mol. The van der Waals surface area contributed by atoms with E-state index in [1.54, 1.807) is 11.8 Å². The van der Waals surface area contributed by atoms with E-state index in [9.17, 15) is 5.11 Å². The molecule has 2 N–H and O–H groups in total. The minimum Gasteiger partial charge on any atom is -0.506 e. The molecule has 1 aliphatic rings. The number of phenolic OH excluding ortho intramolecular Hbond substituents is 1.